The Morgan fingerprint density at radius 3 is 2.17 bits per heavy atom. The first-order valence-electron chi connectivity index (χ1n) is 3.11. The summed E-state index contributed by atoms with van der Waals surface area (Å²) in [5, 5.41) is 8.51. The van der Waals surface area contributed by atoms with Crippen molar-refractivity contribution in [3.63, 3.8) is 0 Å². The summed E-state index contributed by atoms with van der Waals surface area (Å²) in [5.74, 6) is -0.261. The molecular formula is C8H8O3Zn. The molecule has 0 fully saturated rings. The molecule has 0 radical (unpaired) electrons. The van der Waals surface area contributed by atoms with Crippen molar-refractivity contribution in [3.8, 4) is 5.75 Å². The van der Waals surface area contributed by atoms with Crippen molar-refractivity contribution in [2.75, 3.05) is 7.11 Å². The minimum atomic E-state index is -0.923. The molecule has 0 aliphatic carbocycles. The standard InChI is InChI=1S/C8H8O3.Zn/c1-11-7-4-2-6(3-5-7)8(9)10;/h2-5H,1H3,(H,9,10);. The van der Waals surface area contributed by atoms with Crippen LogP contribution in [0.1, 0.15) is 10.4 Å². The Labute approximate surface area is 83.1 Å². The van der Waals surface area contributed by atoms with Crippen LogP contribution in [0.3, 0.4) is 0 Å². The Morgan fingerprint density at radius 2 is 1.83 bits per heavy atom. The zero-order chi connectivity index (χ0) is 8.27. The number of rotatable bonds is 2. The van der Waals surface area contributed by atoms with Gasteiger partial charge in [0.25, 0.3) is 0 Å². The summed E-state index contributed by atoms with van der Waals surface area (Å²) in [6, 6.07) is 6.23. The predicted molar refractivity (Wildman–Crippen MR) is 40.0 cm³/mol. The first-order valence-corrected chi connectivity index (χ1v) is 3.11. The van der Waals surface area contributed by atoms with Crippen molar-refractivity contribution in [2.24, 2.45) is 0 Å². The largest absolute Gasteiger partial charge is 0.497 e. The smallest absolute Gasteiger partial charge is 0.335 e. The van der Waals surface area contributed by atoms with Gasteiger partial charge in [0.15, 0.2) is 0 Å². The van der Waals surface area contributed by atoms with E-state index >= 15 is 0 Å². The second kappa shape index (κ2) is 4.88. The van der Waals surface area contributed by atoms with E-state index < -0.39 is 5.97 Å². The number of hydrogen-bond donors (Lipinski definition) is 1. The molecule has 3 nitrogen and oxygen atoms in total. The van der Waals surface area contributed by atoms with E-state index in [0.29, 0.717) is 5.75 Å². The Kier molecular flexibility index (Phi) is 4.52. The quantitative estimate of drug-likeness (QED) is 0.762. The second-order valence-electron chi connectivity index (χ2n) is 2.03. The number of carboxylic acid groups (broad SMARTS) is 1. The van der Waals surface area contributed by atoms with Gasteiger partial charge in [0.2, 0.25) is 0 Å². The SMILES string of the molecule is COc1ccc(C(=O)O)cc1.[Zn]. The fourth-order valence-electron chi connectivity index (χ4n) is 0.734. The summed E-state index contributed by atoms with van der Waals surface area (Å²) < 4.78 is 4.86. The Morgan fingerprint density at radius 1 is 1.33 bits per heavy atom. The van der Waals surface area contributed by atoms with E-state index in [1.54, 1.807) is 12.1 Å². The van der Waals surface area contributed by atoms with Crippen molar-refractivity contribution in [1.29, 1.82) is 0 Å². The van der Waals surface area contributed by atoms with Gasteiger partial charge in [-0.1, -0.05) is 0 Å². The number of carbonyl (C=O) groups is 1. The molecule has 1 N–H and O–H groups in total. The molecule has 0 aliphatic heterocycles. The van der Waals surface area contributed by atoms with E-state index in [0.717, 1.165) is 0 Å². The maximum Gasteiger partial charge on any atom is 0.335 e. The molecule has 1 aromatic carbocycles. The van der Waals surface area contributed by atoms with Crippen LogP contribution in [0.15, 0.2) is 24.3 Å². The molecule has 4 heteroatoms. The summed E-state index contributed by atoms with van der Waals surface area (Å²) in [5.41, 5.74) is 0.269. The summed E-state index contributed by atoms with van der Waals surface area (Å²) >= 11 is 0. The van der Waals surface area contributed by atoms with Crippen molar-refractivity contribution in [2.45, 2.75) is 0 Å². The van der Waals surface area contributed by atoms with Crippen LogP contribution in [0.5, 0.6) is 5.75 Å². The first-order chi connectivity index (χ1) is 5.24. The minimum absolute atomic E-state index is 0. The minimum Gasteiger partial charge on any atom is -0.497 e. The zero-order valence-corrected chi connectivity index (χ0v) is 9.75. The van der Waals surface area contributed by atoms with Gasteiger partial charge in [0.05, 0.1) is 12.7 Å². The normalized spacial score (nSPS) is 8.42. The number of hydrogen-bond acceptors (Lipinski definition) is 2. The maximum absolute atomic E-state index is 10.4. The zero-order valence-electron chi connectivity index (χ0n) is 6.78. The van der Waals surface area contributed by atoms with Crippen LogP contribution in [0.2, 0.25) is 0 Å². The predicted octanol–water partition coefficient (Wildman–Crippen LogP) is 1.39. The van der Waals surface area contributed by atoms with Gasteiger partial charge >= 0.3 is 5.97 Å². The Hall–Kier alpha value is -0.887. The molecule has 12 heavy (non-hydrogen) atoms. The molecule has 1 rings (SSSR count). The number of methoxy groups -OCH3 is 1. The molecule has 0 spiro atoms. The van der Waals surface area contributed by atoms with Crippen LogP contribution >= 0.6 is 0 Å². The average molecular weight is 218 g/mol. The van der Waals surface area contributed by atoms with Gasteiger partial charge in [-0.2, -0.15) is 0 Å². The number of ether oxygens (including phenoxy) is 1. The maximum atomic E-state index is 10.4. The van der Waals surface area contributed by atoms with Crippen molar-refractivity contribution >= 4 is 5.97 Å². The summed E-state index contributed by atoms with van der Waals surface area (Å²) in [6.45, 7) is 0. The van der Waals surface area contributed by atoms with E-state index in [-0.39, 0.29) is 25.0 Å². The topological polar surface area (TPSA) is 46.5 Å². The van der Waals surface area contributed by atoms with Crippen molar-refractivity contribution in [1.82, 2.24) is 0 Å². The third-order valence-electron chi connectivity index (χ3n) is 1.34. The van der Waals surface area contributed by atoms with Gasteiger partial charge in [0, 0.05) is 19.5 Å². The number of benzene rings is 1. The fourth-order valence-corrected chi connectivity index (χ4v) is 0.734. The van der Waals surface area contributed by atoms with Crippen molar-refractivity contribution < 1.29 is 34.1 Å². The first kappa shape index (κ1) is 11.1. The molecule has 0 amide bonds. The molecule has 0 atom stereocenters. The van der Waals surface area contributed by atoms with Crippen molar-refractivity contribution in [3.05, 3.63) is 29.8 Å². The van der Waals surface area contributed by atoms with E-state index in [1.165, 1.54) is 19.2 Å². The van der Waals surface area contributed by atoms with Crippen LogP contribution in [-0.4, -0.2) is 18.2 Å². The molecule has 60 valence electrons. The monoisotopic (exact) mass is 216 g/mol. The van der Waals surface area contributed by atoms with Crippen LogP contribution in [0.4, 0.5) is 0 Å². The van der Waals surface area contributed by atoms with Crippen LogP contribution in [-0.2, 0) is 19.5 Å². The molecule has 1 aromatic rings. The molecule has 0 heterocycles. The third kappa shape index (κ3) is 2.63. The molecular weight excluding hydrogens is 209 g/mol. The molecule has 0 saturated carbocycles. The molecule has 0 saturated heterocycles. The van der Waals surface area contributed by atoms with Crippen LogP contribution in [0, 0.1) is 0 Å². The van der Waals surface area contributed by atoms with Gasteiger partial charge in [-0.15, -0.1) is 0 Å². The number of carboxylic acids is 1. The second-order valence-corrected chi connectivity index (χ2v) is 2.03. The van der Waals surface area contributed by atoms with Crippen LogP contribution < -0.4 is 4.74 Å². The molecule has 0 aromatic heterocycles. The average Bonchev–Trinajstić information content (AvgIpc) is 2.05. The van der Waals surface area contributed by atoms with Gasteiger partial charge in [-0.3, -0.25) is 0 Å². The van der Waals surface area contributed by atoms with E-state index in [9.17, 15) is 4.79 Å². The Bertz CT molecular complexity index is 256. The molecule has 0 bridgehead atoms. The summed E-state index contributed by atoms with van der Waals surface area (Å²) in [6.07, 6.45) is 0. The van der Waals surface area contributed by atoms with E-state index in [4.69, 9.17) is 9.84 Å². The van der Waals surface area contributed by atoms with Gasteiger partial charge < -0.3 is 9.84 Å². The van der Waals surface area contributed by atoms with E-state index in [2.05, 4.69) is 0 Å². The molecule has 0 aliphatic rings. The summed E-state index contributed by atoms with van der Waals surface area (Å²) in [4.78, 5) is 10.4. The van der Waals surface area contributed by atoms with Gasteiger partial charge in [-0.05, 0) is 24.3 Å². The summed E-state index contributed by atoms with van der Waals surface area (Å²) in [7, 11) is 1.54. The van der Waals surface area contributed by atoms with E-state index in [1.807, 2.05) is 0 Å². The molecule has 0 unspecified atom stereocenters. The third-order valence-corrected chi connectivity index (χ3v) is 1.34. The van der Waals surface area contributed by atoms with Gasteiger partial charge in [-0.25, -0.2) is 4.79 Å². The fraction of sp³-hybridized carbons (Fsp3) is 0.125. The van der Waals surface area contributed by atoms with Crippen LogP contribution in [0.25, 0.3) is 0 Å². The number of aromatic carboxylic acids is 1. The Balaban J connectivity index is 0.00000121. The van der Waals surface area contributed by atoms with Gasteiger partial charge in [0.1, 0.15) is 5.75 Å².